The lowest BCUT2D eigenvalue weighted by Gasteiger charge is -2.07. The molecule has 1 fully saturated rings. The van der Waals surface area contributed by atoms with Crippen molar-refractivity contribution in [3.63, 3.8) is 0 Å². The summed E-state index contributed by atoms with van der Waals surface area (Å²) in [5.41, 5.74) is 8.15. The predicted molar refractivity (Wildman–Crippen MR) is 83.8 cm³/mol. The lowest BCUT2D eigenvalue weighted by atomic mass is 10.0. The molecule has 1 saturated heterocycles. The largest absolute Gasteiger partial charge is 0.481 e. The van der Waals surface area contributed by atoms with Gasteiger partial charge in [0.1, 0.15) is 5.75 Å². The Labute approximate surface area is 137 Å². The molecule has 1 atom stereocenters. The van der Waals surface area contributed by atoms with E-state index in [1.54, 1.807) is 24.3 Å². The van der Waals surface area contributed by atoms with E-state index in [0.717, 1.165) is 0 Å². The van der Waals surface area contributed by atoms with Gasteiger partial charge < -0.3 is 15.3 Å². The van der Waals surface area contributed by atoms with Crippen molar-refractivity contribution >= 4 is 24.0 Å². The molecule has 1 aliphatic heterocycles. The van der Waals surface area contributed by atoms with Crippen LogP contribution in [0.2, 0.25) is 0 Å². The smallest absolute Gasteiger partial charge is 0.341 e. The number of hydrogen-bond donors (Lipinski definition) is 4. The highest BCUT2D eigenvalue weighted by atomic mass is 16.5. The molecule has 4 N–H and O–H groups in total. The van der Waals surface area contributed by atoms with Crippen molar-refractivity contribution < 1.29 is 24.2 Å². The van der Waals surface area contributed by atoms with Gasteiger partial charge in [0.2, 0.25) is 11.8 Å². The van der Waals surface area contributed by atoms with Crippen LogP contribution in [0.5, 0.6) is 5.75 Å². The van der Waals surface area contributed by atoms with Gasteiger partial charge in [-0.05, 0) is 12.1 Å². The first-order valence-electron chi connectivity index (χ1n) is 6.97. The third-order valence-corrected chi connectivity index (χ3v) is 3.14. The Hall–Kier alpha value is -3.36. The molecule has 0 bridgehead atoms. The molecule has 9 heteroatoms. The number of carbonyl (C=O) groups excluding carboxylic acids is 2. The zero-order chi connectivity index (χ0) is 17.5. The summed E-state index contributed by atoms with van der Waals surface area (Å²) in [5, 5.41) is 12.4. The molecule has 0 saturated carbocycles. The van der Waals surface area contributed by atoms with E-state index in [2.05, 4.69) is 28.0 Å². The van der Waals surface area contributed by atoms with Crippen molar-refractivity contribution in [3.8, 4) is 5.75 Å². The molecule has 0 aromatic heterocycles. The van der Waals surface area contributed by atoms with Crippen LogP contribution in [0.25, 0.3) is 0 Å². The zero-order valence-corrected chi connectivity index (χ0v) is 12.6. The molecule has 1 aliphatic rings. The molecule has 2 amide bonds. The van der Waals surface area contributed by atoms with Crippen molar-refractivity contribution in [2.75, 3.05) is 6.61 Å². The van der Waals surface area contributed by atoms with Gasteiger partial charge in [-0.25, -0.2) is 10.2 Å². The maximum absolute atomic E-state index is 11.8. The second-order valence-electron chi connectivity index (χ2n) is 4.91. The second-order valence-corrected chi connectivity index (χ2v) is 4.91. The van der Waals surface area contributed by atoms with E-state index in [-0.39, 0.29) is 12.3 Å². The van der Waals surface area contributed by atoms with Gasteiger partial charge in [-0.15, -0.1) is 0 Å². The topological polar surface area (TPSA) is 129 Å². The van der Waals surface area contributed by atoms with Gasteiger partial charge in [-0.3, -0.25) is 15.0 Å². The van der Waals surface area contributed by atoms with Crippen molar-refractivity contribution in [1.82, 2.24) is 16.3 Å². The van der Waals surface area contributed by atoms with Crippen molar-refractivity contribution in [2.24, 2.45) is 11.0 Å². The molecule has 0 spiro atoms. The van der Waals surface area contributed by atoms with Gasteiger partial charge in [-0.2, -0.15) is 5.10 Å². The number of hydrazine groups is 1. The molecule has 1 aromatic rings. The molecule has 9 nitrogen and oxygen atoms in total. The molecule has 0 aliphatic carbocycles. The highest BCUT2D eigenvalue weighted by molar-refractivity contribution is 5.90. The van der Waals surface area contributed by atoms with Gasteiger partial charge in [0, 0.05) is 17.7 Å². The highest BCUT2D eigenvalue weighted by Gasteiger charge is 2.29. The fourth-order valence-corrected chi connectivity index (χ4v) is 1.95. The first-order chi connectivity index (χ1) is 11.5. The van der Waals surface area contributed by atoms with Gasteiger partial charge in [0.25, 0.3) is 0 Å². The van der Waals surface area contributed by atoms with Gasteiger partial charge in [0.05, 0.1) is 12.1 Å². The number of hydrogen-bond acceptors (Lipinski definition) is 6. The number of hydrazone groups is 1. The number of amides is 2. The average Bonchev–Trinajstić information content (AvgIpc) is 2.86. The Morgan fingerprint density at radius 1 is 1.38 bits per heavy atom. The number of ether oxygens (including phenoxy) is 1. The number of aliphatic carboxylic acids is 1. The highest BCUT2D eigenvalue weighted by Crippen LogP contribution is 2.16. The normalized spacial score (nSPS) is 16.6. The molecule has 0 radical (unpaired) electrons. The lowest BCUT2D eigenvalue weighted by molar-refractivity contribution is -0.139. The van der Waals surface area contributed by atoms with E-state index in [1.165, 1.54) is 6.21 Å². The van der Waals surface area contributed by atoms with Crippen LogP contribution in [0.4, 0.5) is 0 Å². The average molecular weight is 332 g/mol. The Balaban J connectivity index is 1.91. The summed E-state index contributed by atoms with van der Waals surface area (Å²) in [5.74, 6) is -2.21. The predicted octanol–water partition coefficient (Wildman–Crippen LogP) is -0.245. The summed E-state index contributed by atoms with van der Waals surface area (Å²) in [6, 6.07) is 6.65. The third-order valence-electron chi connectivity index (χ3n) is 3.14. The molecule has 24 heavy (non-hydrogen) atoms. The van der Waals surface area contributed by atoms with Crippen LogP contribution >= 0.6 is 0 Å². The summed E-state index contributed by atoms with van der Waals surface area (Å²) >= 11 is 0. The van der Waals surface area contributed by atoms with Crippen LogP contribution in [0.1, 0.15) is 12.0 Å². The number of benzene rings is 1. The van der Waals surface area contributed by atoms with Crippen LogP contribution in [-0.2, 0) is 14.4 Å². The van der Waals surface area contributed by atoms with Crippen LogP contribution in [0.15, 0.2) is 41.6 Å². The van der Waals surface area contributed by atoms with Crippen LogP contribution < -0.4 is 21.0 Å². The molecule has 126 valence electrons. The Morgan fingerprint density at radius 3 is 2.79 bits per heavy atom. The van der Waals surface area contributed by atoms with E-state index in [0.29, 0.717) is 17.0 Å². The summed E-state index contributed by atoms with van der Waals surface area (Å²) in [6.45, 7) is 3.15. The number of nitrogens with one attached hydrogen (secondary N) is 3. The van der Waals surface area contributed by atoms with Crippen molar-refractivity contribution in [1.29, 1.82) is 0 Å². The van der Waals surface area contributed by atoms with Crippen LogP contribution in [-0.4, -0.2) is 35.7 Å². The quantitative estimate of drug-likeness (QED) is 0.403. The van der Waals surface area contributed by atoms with Crippen molar-refractivity contribution in [2.45, 2.75) is 6.42 Å². The van der Waals surface area contributed by atoms with E-state index in [1.807, 2.05) is 0 Å². The maximum Gasteiger partial charge on any atom is 0.341 e. The summed E-state index contributed by atoms with van der Waals surface area (Å²) in [7, 11) is 0. The monoisotopic (exact) mass is 332 g/mol. The number of para-hydroxylation sites is 1. The van der Waals surface area contributed by atoms with E-state index >= 15 is 0 Å². The number of nitrogens with zero attached hydrogens (tertiary/aromatic N) is 1. The second kappa shape index (κ2) is 7.77. The third kappa shape index (κ3) is 4.57. The van der Waals surface area contributed by atoms with Crippen LogP contribution in [0.3, 0.4) is 0 Å². The van der Waals surface area contributed by atoms with E-state index < -0.39 is 24.4 Å². The number of carboxylic acid groups (broad SMARTS) is 1. The van der Waals surface area contributed by atoms with Crippen molar-refractivity contribution in [3.05, 3.63) is 42.1 Å². The Morgan fingerprint density at radius 2 is 2.12 bits per heavy atom. The number of carbonyl (C=O) groups is 3. The Bertz CT molecular complexity index is 685. The molecule has 1 unspecified atom stereocenters. The van der Waals surface area contributed by atoms with Gasteiger partial charge in [0.15, 0.2) is 6.61 Å². The molecular formula is C15H16N4O5. The van der Waals surface area contributed by atoms with Crippen LogP contribution in [0, 0.1) is 5.92 Å². The molecule has 1 heterocycles. The van der Waals surface area contributed by atoms with Gasteiger partial charge in [-0.1, -0.05) is 18.7 Å². The molecular weight excluding hydrogens is 316 g/mol. The fraction of sp³-hybridized carbons (Fsp3) is 0.200. The zero-order valence-electron chi connectivity index (χ0n) is 12.6. The lowest BCUT2D eigenvalue weighted by Crippen LogP contribution is -2.27. The van der Waals surface area contributed by atoms with E-state index in [9.17, 15) is 14.4 Å². The maximum atomic E-state index is 11.8. The minimum atomic E-state index is -1.10. The summed E-state index contributed by atoms with van der Waals surface area (Å²) in [6.07, 6.45) is 1.24. The first kappa shape index (κ1) is 17.0. The van der Waals surface area contributed by atoms with Gasteiger partial charge >= 0.3 is 5.97 Å². The molecule has 2 rings (SSSR count). The Kier molecular flexibility index (Phi) is 5.50. The summed E-state index contributed by atoms with van der Waals surface area (Å²) < 4.78 is 5.12. The fourth-order valence-electron chi connectivity index (χ4n) is 1.95. The molecule has 1 aromatic carbocycles. The van der Waals surface area contributed by atoms with E-state index in [4.69, 9.17) is 9.84 Å². The number of carboxylic acids is 1. The number of rotatable bonds is 7. The minimum absolute atomic E-state index is 0.0911. The first-order valence-corrected chi connectivity index (χ1v) is 6.97. The SMILES string of the molecule is C=C1NNC(=O)C1CC(=O)NN=Cc1ccccc1OCC(=O)O. The minimum Gasteiger partial charge on any atom is -0.481 e. The summed E-state index contributed by atoms with van der Waals surface area (Å²) in [4.78, 5) is 33.8. The standard InChI is InChI=1S/C15H16N4O5/c1-9-11(15(23)19-17-9)6-13(20)18-16-7-10-4-2-3-5-12(10)24-8-14(21)22/h2-5,7,11,17H,1,6,8H2,(H,18,20)(H,19,23)(H,21,22).